The van der Waals surface area contributed by atoms with E-state index in [9.17, 15) is 4.79 Å². The molecule has 0 saturated heterocycles. The van der Waals surface area contributed by atoms with Gasteiger partial charge in [0.25, 0.3) is 0 Å². The van der Waals surface area contributed by atoms with Gasteiger partial charge in [-0.2, -0.15) is 0 Å². The minimum atomic E-state index is 0.191. The van der Waals surface area contributed by atoms with Gasteiger partial charge in [0.2, 0.25) is 0 Å². The van der Waals surface area contributed by atoms with Crippen LogP contribution in [0.5, 0.6) is 0 Å². The highest BCUT2D eigenvalue weighted by atomic mass is 79.9. The average molecular weight is 356 g/mol. The molecule has 0 spiro atoms. The number of carbonyl (C=O) groups is 1. The lowest BCUT2D eigenvalue weighted by Crippen LogP contribution is -2.16. The van der Waals surface area contributed by atoms with Crippen molar-refractivity contribution < 1.29 is 4.79 Å². The molecule has 0 saturated carbocycles. The van der Waals surface area contributed by atoms with Gasteiger partial charge in [0.15, 0.2) is 5.78 Å². The first kappa shape index (κ1) is 15.0. The summed E-state index contributed by atoms with van der Waals surface area (Å²) in [4.78, 5) is 12.0. The number of aryl methyl sites for hydroxylation is 1. The average Bonchev–Trinajstić information content (AvgIpc) is 2.51. The molecule has 2 aromatic rings. The van der Waals surface area contributed by atoms with E-state index in [1.807, 2.05) is 30.3 Å². The zero-order valence-electron chi connectivity index (χ0n) is 12.5. The third-order valence-corrected chi connectivity index (χ3v) is 4.87. The third-order valence-electron chi connectivity index (χ3n) is 3.98. The second-order valence-electron chi connectivity index (χ2n) is 5.74. The van der Waals surface area contributed by atoms with Crippen LogP contribution in [-0.4, -0.2) is 5.78 Å². The summed E-state index contributed by atoms with van der Waals surface area (Å²) in [6, 6.07) is 16.4. The van der Waals surface area contributed by atoms with E-state index in [1.54, 1.807) is 6.08 Å². The molecule has 1 atom stereocenters. The van der Waals surface area contributed by atoms with Crippen LogP contribution in [0.1, 0.15) is 29.9 Å². The number of ketones is 1. The summed E-state index contributed by atoms with van der Waals surface area (Å²) in [5, 5.41) is 3.40. The largest absolute Gasteiger partial charge is 0.359 e. The summed E-state index contributed by atoms with van der Waals surface area (Å²) in [5.41, 5.74) is 4.42. The van der Waals surface area contributed by atoms with E-state index in [1.165, 1.54) is 11.1 Å². The molecular formula is C19H18BrNO. The summed E-state index contributed by atoms with van der Waals surface area (Å²) < 4.78 is 1.09. The van der Waals surface area contributed by atoms with Gasteiger partial charge in [-0.05, 0) is 48.6 Å². The summed E-state index contributed by atoms with van der Waals surface area (Å²) >= 11 is 3.51. The Hall–Kier alpha value is -1.87. The van der Waals surface area contributed by atoms with E-state index in [2.05, 4.69) is 46.4 Å². The van der Waals surface area contributed by atoms with Crippen LogP contribution in [0.15, 0.2) is 64.8 Å². The van der Waals surface area contributed by atoms with Crippen molar-refractivity contribution in [3.63, 3.8) is 0 Å². The Morgan fingerprint density at radius 1 is 1.09 bits per heavy atom. The van der Waals surface area contributed by atoms with Crippen molar-refractivity contribution in [2.24, 2.45) is 0 Å². The first-order chi connectivity index (χ1) is 10.6. The van der Waals surface area contributed by atoms with Gasteiger partial charge in [0, 0.05) is 28.4 Å². The van der Waals surface area contributed by atoms with Gasteiger partial charge in [-0.3, -0.25) is 4.79 Å². The van der Waals surface area contributed by atoms with Crippen molar-refractivity contribution in [3.8, 4) is 0 Å². The highest BCUT2D eigenvalue weighted by Gasteiger charge is 2.22. The topological polar surface area (TPSA) is 29.1 Å². The van der Waals surface area contributed by atoms with Crippen molar-refractivity contribution in [2.45, 2.75) is 25.7 Å². The molecule has 3 rings (SSSR count). The summed E-state index contributed by atoms with van der Waals surface area (Å²) in [5.74, 6) is 0.453. The lowest BCUT2D eigenvalue weighted by Gasteiger charge is -2.23. The van der Waals surface area contributed by atoms with Crippen LogP contribution in [0.2, 0.25) is 0 Å². The Balaban J connectivity index is 1.78. The van der Waals surface area contributed by atoms with Gasteiger partial charge < -0.3 is 5.32 Å². The number of anilines is 1. The second kappa shape index (κ2) is 6.49. The highest BCUT2D eigenvalue weighted by molar-refractivity contribution is 9.10. The number of allylic oxidation sites excluding steroid dienone is 2. The number of benzene rings is 2. The Kier molecular flexibility index (Phi) is 4.44. The number of hydrogen-bond acceptors (Lipinski definition) is 2. The SMILES string of the molecule is Cc1cc(NC2=CC(=O)C[C@@H](c3ccccc3)C2)ccc1Br. The van der Waals surface area contributed by atoms with E-state index < -0.39 is 0 Å². The molecule has 1 aliphatic carbocycles. The van der Waals surface area contributed by atoms with E-state index in [0.717, 1.165) is 22.3 Å². The van der Waals surface area contributed by atoms with E-state index in [-0.39, 0.29) is 11.7 Å². The maximum Gasteiger partial charge on any atom is 0.158 e. The van der Waals surface area contributed by atoms with Gasteiger partial charge in [0.05, 0.1) is 0 Å². The summed E-state index contributed by atoms with van der Waals surface area (Å²) in [6.45, 7) is 2.06. The van der Waals surface area contributed by atoms with Crippen molar-refractivity contribution in [1.29, 1.82) is 0 Å². The normalized spacial score (nSPS) is 18.0. The molecule has 0 radical (unpaired) electrons. The minimum Gasteiger partial charge on any atom is -0.359 e. The van der Waals surface area contributed by atoms with Gasteiger partial charge in [-0.1, -0.05) is 46.3 Å². The first-order valence-corrected chi connectivity index (χ1v) is 8.22. The molecule has 0 fully saturated rings. The molecule has 0 bridgehead atoms. The Bertz CT molecular complexity index is 721. The van der Waals surface area contributed by atoms with E-state index in [0.29, 0.717) is 6.42 Å². The van der Waals surface area contributed by atoms with Crippen LogP contribution < -0.4 is 5.32 Å². The molecule has 0 heterocycles. The van der Waals surface area contributed by atoms with Crippen molar-refractivity contribution in [3.05, 3.63) is 75.9 Å². The third kappa shape index (κ3) is 3.47. The molecule has 0 amide bonds. The zero-order valence-corrected chi connectivity index (χ0v) is 14.1. The number of hydrogen-bond donors (Lipinski definition) is 1. The van der Waals surface area contributed by atoms with E-state index in [4.69, 9.17) is 0 Å². The second-order valence-corrected chi connectivity index (χ2v) is 6.60. The molecule has 3 heteroatoms. The molecular weight excluding hydrogens is 338 g/mol. The highest BCUT2D eigenvalue weighted by Crippen LogP contribution is 2.32. The monoisotopic (exact) mass is 355 g/mol. The molecule has 0 aromatic heterocycles. The molecule has 1 aliphatic rings. The quantitative estimate of drug-likeness (QED) is 0.819. The Morgan fingerprint density at radius 2 is 1.86 bits per heavy atom. The van der Waals surface area contributed by atoms with Crippen LogP contribution in [0.25, 0.3) is 0 Å². The van der Waals surface area contributed by atoms with Crippen LogP contribution in [0.3, 0.4) is 0 Å². The lowest BCUT2D eigenvalue weighted by molar-refractivity contribution is -0.115. The van der Waals surface area contributed by atoms with Gasteiger partial charge in [0.1, 0.15) is 0 Å². The number of halogens is 1. The molecule has 22 heavy (non-hydrogen) atoms. The molecule has 0 aliphatic heterocycles. The van der Waals surface area contributed by atoms with Crippen molar-refractivity contribution in [2.75, 3.05) is 5.32 Å². The van der Waals surface area contributed by atoms with Gasteiger partial charge in [-0.25, -0.2) is 0 Å². The molecule has 2 nitrogen and oxygen atoms in total. The maximum atomic E-state index is 12.0. The number of nitrogens with one attached hydrogen (secondary N) is 1. The summed E-state index contributed by atoms with van der Waals surface area (Å²) in [7, 11) is 0. The smallest absolute Gasteiger partial charge is 0.158 e. The van der Waals surface area contributed by atoms with Gasteiger partial charge >= 0.3 is 0 Å². The minimum absolute atomic E-state index is 0.191. The fraction of sp³-hybridized carbons (Fsp3) is 0.211. The van der Waals surface area contributed by atoms with Crippen LogP contribution in [0, 0.1) is 6.92 Å². The summed E-state index contributed by atoms with van der Waals surface area (Å²) in [6.07, 6.45) is 3.20. The van der Waals surface area contributed by atoms with Crippen LogP contribution in [-0.2, 0) is 4.79 Å². The van der Waals surface area contributed by atoms with Gasteiger partial charge in [-0.15, -0.1) is 0 Å². The van der Waals surface area contributed by atoms with Crippen LogP contribution in [0.4, 0.5) is 5.69 Å². The van der Waals surface area contributed by atoms with Crippen molar-refractivity contribution >= 4 is 27.4 Å². The number of carbonyl (C=O) groups excluding carboxylic acids is 1. The first-order valence-electron chi connectivity index (χ1n) is 7.43. The lowest BCUT2D eigenvalue weighted by atomic mass is 9.85. The molecule has 2 aromatic carbocycles. The zero-order chi connectivity index (χ0) is 15.5. The fourth-order valence-corrected chi connectivity index (χ4v) is 3.10. The predicted molar refractivity (Wildman–Crippen MR) is 94.0 cm³/mol. The predicted octanol–water partition coefficient (Wildman–Crippen LogP) is 5.20. The molecule has 1 N–H and O–H groups in total. The Morgan fingerprint density at radius 3 is 2.59 bits per heavy atom. The molecule has 112 valence electrons. The van der Waals surface area contributed by atoms with Crippen molar-refractivity contribution in [1.82, 2.24) is 0 Å². The molecule has 0 unspecified atom stereocenters. The Labute approximate surface area is 139 Å². The number of rotatable bonds is 3. The maximum absolute atomic E-state index is 12.0. The fourth-order valence-electron chi connectivity index (χ4n) is 2.85. The standard InChI is InChI=1S/C19H18BrNO/c1-13-9-16(7-8-19(13)20)21-17-10-15(11-18(22)12-17)14-5-3-2-4-6-14/h2-9,12,15,21H,10-11H2,1H3/t15-/m0/s1. The van der Waals surface area contributed by atoms with Crippen LogP contribution >= 0.6 is 15.9 Å². The van der Waals surface area contributed by atoms with E-state index >= 15 is 0 Å².